The molecule has 17 heavy (non-hydrogen) atoms. The van der Waals surface area contributed by atoms with Crippen LogP contribution in [0, 0.1) is 6.92 Å². The fraction of sp³-hybridized carbons (Fsp3) is 0.500. The van der Waals surface area contributed by atoms with Crippen LogP contribution in [0.5, 0.6) is 11.5 Å². The second-order valence-corrected chi connectivity index (χ2v) is 3.74. The zero-order valence-corrected chi connectivity index (χ0v) is 10.5. The molecule has 0 saturated heterocycles. The molecule has 0 aliphatic heterocycles. The summed E-state index contributed by atoms with van der Waals surface area (Å²) in [5.74, 6) is 1.49. The van der Waals surface area contributed by atoms with E-state index in [0.29, 0.717) is 12.3 Å². The highest BCUT2D eigenvalue weighted by molar-refractivity contribution is 5.64. The van der Waals surface area contributed by atoms with Crippen LogP contribution in [-0.2, 0) is 0 Å². The summed E-state index contributed by atoms with van der Waals surface area (Å²) in [4.78, 5) is 0. The molecule has 0 radical (unpaired) electrons. The second kappa shape index (κ2) is 6.32. The van der Waals surface area contributed by atoms with Gasteiger partial charge in [-0.3, -0.25) is 0 Å². The molecule has 1 rings (SSSR count). The van der Waals surface area contributed by atoms with E-state index in [1.807, 2.05) is 19.1 Å². The van der Waals surface area contributed by atoms with Gasteiger partial charge in [0, 0.05) is 18.7 Å². The highest BCUT2D eigenvalue weighted by atomic mass is 16.5. The number of ether oxygens (including phenoxy) is 2. The SMILES string of the molecule is COc1ccc(NCC(O)CN)c(OC)c1C. The minimum Gasteiger partial charge on any atom is -0.496 e. The molecule has 5 heteroatoms. The molecule has 0 spiro atoms. The molecule has 0 aliphatic rings. The quantitative estimate of drug-likeness (QED) is 0.684. The molecule has 0 aromatic heterocycles. The van der Waals surface area contributed by atoms with E-state index >= 15 is 0 Å². The average Bonchev–Trinajstić information content (AvgIpc) is 2.35. The first kappa shape index (κ1) is 13.6. The molecule has 4 N–H and O–H groups in total. The molecule has 0 saturated carbocycles. The Hall–Kier alpha value is -1.46. The monoisotopic (exact) mass is 240 g/mol. The highest BCUT2D eigenvalue weighted by Crippen LogP contribution is 2.34. The first-order valence-corrected chi connectivity index (χ1v) is 5.47. The summed E-state index contributed by atoms with van der Waals surface area (Å²) < 4.78 is 10.5. The Morgan fingerprint density at radius 2 is 2.06 bits per heavy atom. The van der Waals surface area contributed by atoms with Crippen molar-refractivity contribution in [1.29, 1.82) is 0 Å². The summed E-state index contributed by atoms with van der Waals surface area (Å²) in [6, 6.07) is 3.71. The van der Waals surface area contributed by atoms with Crippen LogP contribution in [0.4, 0.5) is 5.69 Å². The van der Waals surface area contributed by atoms with Gasteiger partial charge in [0.2, 0.25) is 0 Å². The summed E-state index contributed by atoms with van der Waals surface area (Å²) in [5.41, 5.74) is 7.08. The Morgan fingerprint density at radius 3 is 2.59 bits per heavy atom. The lowest BCUT2D eigenvalue weighted by Gasteiger charge is -2.17. The van der Waals surface area contributed by atoms with E-state index in [0.717, 1.165) is 17.0 Å². The zero-order chi connectivity index (χ0) is 12.8. The molecule has 0 amide bonds. The Kier molecular flexibility index (Phi) is 5.06. The number of methoxy groups -OCH3 is 2. The molecule has 96 valence electrons. The van der Waals surface area contributed by atoms with Crippen LogP contribution in [0.2, 0.25) is 0 Å². The van der Waals surface area contributed by atoms with Crippen LogP contribution >= 0.6 is 0 Å². The van der Waals surface area contributed by atoms with Gasteiger partial charge in [0.25, 0.3) is 0 Å². The maximum atomic E-state index is 9.40. The number of rotatable bonds is 6. The number of hydrogen-bond acceptors (Lipinski definition) is 5. The number of anilines is 1. The van der Waals surface area contributed by atoms with Gasteiger partial charge in [-0.25, -0.2) is 0 Å². The van der Waals surface area contributed by atoms with Crippen LogP contribution in [0.25, 0.3) is 0 Å². The summed E-state index contributed by atoms with van der Waals surface area (Å²) in [6.07, 6.45) is -0.567. The van der Waals surface area contributed by atoms with Crippen LogP contribution < -0.4 is 20.5 Å². The molecular formula is C12H20N2O3. The largest absolute Gasteiger partial charge is 0.496 e. The van der Waals surface area contributed by atoms with Gasteiger partial charge in [-0.15, -0.1) is 0 Å². The smallest absolute Gasteiger partial charge is 0.148 e. The molecule has 1 atom stereocenters. The minimum absolute atomic E-state index is 0.227. The molecule has 0 aliphatic carbocycles. The molecular weight excluding hydrogens is 220 g/mol. The molecule has 1 aromatic rings. The van der Waals surface area contributed by atoms with Crippen LogP contribution in [0.3, 0.4) is 0 Å². The van der Waals surface area contributed by atoms with E-state index in [1.54, 1.807) is 14.2 Å². The molecule has 0 heterocycles. The van der Waals surface area contributed by atoms with Gasteiger partial charge in [0.1, 0.15) is 11.5 Å². The van der Waals surface area contributed by atoms with E-state index in [4.69, 9.17) is 15.2 Å². The predicted octanol–water partition coefficient (Wildman–Crippen LogP) is 0.744. The van der Waals surface area contributed by atoms with Crippen molar-refractivity contribution in [3.63, 3.8) is 0 Å². The first-order chi connectivity index (χ1) is 8.13. The van der Waals surface area contributed by atoms with Gasteiger partial charge >= 0.3 is 0 Å². The molecule has 1 aromatic carbocycles. The summed E-state index contributed by atoms with van der Waals surface area (Å²) in [7, 11) is 3.22. The van der Waals surface area contributed by atoms with Crippen molar-refractivity contribution in [3.8, 4) is 11.5 Å². The standard InChI is InChI=1S/C12H20N2O3/c1-8-11(16-2)5-4-10(12(8)17-3)14-7-9(15)6-13/h4-5,9,14-15H,6-7,13H2,1-3H3. The predicted molar refractivity (Wildman–Crippen MR) is 67.8 cm³/mol. The lowest BCUT2D eigenvalue weighted by Crippen LogP contribution is -2.27. The van der Waals surface area contributed by atoms with Crippen molar-refractivity contribution in [2.24, 2.45) is 5.73 Å². The van der Waals surface area contributed by atoms with Gasteiger partial charge < -0.3 is 25.6 Å². The Morgan fingerprint density at radius 1 is 1.35 bits per heavy atom. The molecule has 1 unspecified atom stereocenters. The first-order valence-electron chi connectivity index (χ1n) is 5.47. The maximum absolute atomic E-state index is 9.40. The third-order valence-electron chi connectivity index (χ3n) is 2.58. The molecule has 5 nitrogen and oxygen atoms in total. The zero-order valence-electron chi connectivity index (χ0n) is 10.5. The summed E-state index contributed by atoms with van der Waals surface area (Å²) in [5, 5.41) is 12.5. The molecule has 0 bridgehead atoms. The number of nitrogens with two attached hydrogens (primary N) is 1. The van der Waals surface area contributed by atoms with Gasteiger partial charge in [0.15, 0.2) is 0 Å². The Labute approximate surface area is 102 Å². The topological polar surface area (TPSA) is 76.7 Å². The van der Waals surface area contributed by atoms with Crippen LogP contribution in [0.1, 0.15) is 5.56 Å². The van der Waals surface area contributed by atoms with Gasteiger partial charge in [-0.2, -0.15) is 0 Å². The van der Waals surface area contributed by atoms with E-state index in [1.165, 1.54) is 0 Å². The second-order valence-electron chi connectivity index (χ2n) is 3.74. The van der Waals surface area contributed by atoms with Crippen molar-refractivity contribution in [2.45, 2.75) is 13.0 Å². The Bertz CT molecular complexity index is 369. The summed E-state index contributed by atoms with van der Waals surface area (Å²) >= 11 is 0. The van der Waals surface area contributed by atoms with E-state index in [-0.39, 0.29) is 6.54 Å². The lowest BCUT2D eigenvalue weighted by atomic mass is 10.1. The van der Waals surface area contributed by atoms with Gasteiger partial charge in [-0.1, -0.05) is 0 Å². The van der Waals surface area contributed by atoms with Crippen molar-refractivity contribution < 1.29 is 14.6 Å². The number of aliphatic hydroxyl groups is 1. The van der Waals surface area contributed by atoms with Gasteiger partial charge in [-0.05, 0) is 19.1 Å². The van der Waals surface area contributed by atoms with Crippen molar-refractivity contribution >= 4 is 5.69 Å². The van der Waals surface area contributed by atoms with Crippen LogP contribution in [-0.4, -0.2) is 38.5 Å². The van der Waals surface area contributed by atoms with Crippen LogP contribution in [0.15, 0.2) is 12.1 Å². The van der Waals surface area contributed by atoms with E-state index in [9.17, 15) is 5.11 Å². The Balaban J connectivity index is 2.88. The van der Waals surface area contributed by atoms with E-state index < -0.39 is 6.10 Å². The highest BCUT2D eigenvalue weighted by Gasteiger charge is 2.11. The minimum atomic E-state index is -0.567. The lowest BCUT2D eigenvalue weighted by molar-refractivity contribution is 0.196. The normalized spacial score (nSPS) is 12.1. The van der Waals surface area contributed by atoms with Crippen molar-refractivity contribution in [2.75, 3.05) is 32.6 Å². The van der Waals surface area contributed by atoms with Crippen molar-refractivity contribution in [1.82, 2.24) is 0 Å². The number of hydrogen-bond donors (Lipinski definition) is 3. The third-order valence-corrected chi connectivity index (χ3v) is 2.58. The average molecular weight is 240 g/mol. The fourth-order valence-corrected chi connectivity index (χ4v) is 1.61. The summed E-state index contributed by atoms with van der Waals surface area (Å²) in [6.45, 7) is 2.53. The number of nitrogens with one attached hydrogen (secondary N) is 1. The number of aliphatic hydroxyl groups excluding tert-OH is 1. The van der Waals surface area contributed by atoms with Gasteiger partial charge in [0.05, 0.1) is 26.0 Å². The fourth-order valence-electron chi connectivity index (χ4n) is 1.61. The van der Waals surface area contributed by atoms with Crippen molar-refractivity contribution in [3.05, 3.63) is 17.7 Å². The maximum Gasteiger partial charge on any atom is 0.148 e. The molecule has 0 fully saturated rings. The number of benzene rings is 1. The third kappa shape index (κ3) is 3.25. The van der Waals surface area contributed by atoms with E-state index in [2.05, 4.69) is 5.32 Å².